The highest BCUT2D eigenvalue weighted by Gasteiger charge is 2.36. The maximum atomic E-state index is 2.71. The van der Waals surface area contributed by atoms with Gasteiger partial charge in [0.2, 0.25) is 0 Å². The van der Waals surface area contributed by atoms with E-state index in [1.54, 1.807) is 5.57 Å². The lowest BCUT2D eigenvalue weighted by Gasteiger charge is -2.34. The van der Waals surface area contributed by atoms with Gasteiger partial charge in [-0.2, -0.15) is 0 Å². The van der Waals surface area contributed by atoms with Crippen molar-refractivity contribution in [2.75, 3.05) is 0 Å². The van der Waals surface area contributed by atoms with Crippen LogP contribution in [0.2, 0.25) is 0 Å². The summed E-state index contributed by atoms with van der Waals surface area (Å²) in [5.41, 5.74) is 5.87. The topological polar surface area (TPSA) is 3.24 Å². The van der Waals surface area contributed by atoms with Gasteiger partial charge in [-0.15, -0.1) is 0 Å². The van der Waals surface area contributed by atoms with Crippen molar-refractivity contribution in [1.29, 1.82) is 0 Å². The molecule has 2 aliphatic rings. The largest absolute Gasteiger partial charge is 0.289 e. The van der Waals surface area contributed by atoms with Crippen molar-refractivity contribution in [3.63, 3.8) is 0 Å². The summed E-state index contributed by atoms with van der Waals surface area (Å²) in [5.74, 6) is 0. The molecule has 112 valence electrons. The van der Waals surface area contributed by atoms with Crippen LogP contribution in [0.25, 0.3) is 5.57 Å². The van der Waals surface area contributed by atoms with Crippen molar-refractivity contribution in [3.8, 4) is 0 Å². The lowest BCUT2D eigenvalue weighted by Crippen LogP contribution is -2.37. The molecule has 2 bridgehead atoms. The number of fused-ring (bicyclic) bond motifs is 2. The highest BCUT2D eigenvalue weighted by molar-refractivity contribution is 5.70. The van der Waals surface area contributed by atoms with Crippen molar-refractivity contribution >= 4 is 5.57 Å². The molecule has 0 spiro atoms. The third-order valence-corrected chi connectivity index (χ3v) is 5.24. The van der Waals surface area contributed by atoms with E-state index in [9.17, 15) is 0 Å². The summed E-state index contributed by atoms with van der Waals surface area (Å²) < 4.78 is 0. The summed E-state index contributed by atoms with van der Waals surface area (Å²) in [6, 6.07) is 21.1. The Morgan fingerprint density at radius 3 is 2.50 bits per heavy atom. The molecule has 2 unspecified atom stereocenters. The lowest BCUT2D eigenvalue weighted by molar-refractivity contribution is 0.203. The smallest absolute Gasteiger partial charge is 0.0291 e. The van der Waals surface area contributed by atoms with E-state index in [1.165, 1.54) is 36.0 Å². The molecule has 0 radical (unpaired) electrons. The fourth-order valence-electron chi connectivity index (χ4n) is 4.09. The van der Waals surface area contributed by atoms with Crippen molar-refractivity contribution in [2.45, 2.75) is 44.8 Å². The zero-order valence-electron chi connectivity index (χ0n) is 13.2. The minimum Gasteiger partial charge on any atom is -0.289 e. The molecule has 0 saturated carbocycles. The van der Waals surface area contributed by atoms with Crippen molar-refractivity contribution in [2.24, 2.45) is 0 Å². The zero-order valence-corrected chi connectivity index (χ0v) is 13.2. The molecule has 2 aromatic carbocycles. The van der Waals surface area contributed by atoms with Crippen LogP contribution in [0.3, 0.4) is 0 Å². The maximum Gasteiger partial charge on any atom is 0.0291 e. The maximum absolute atomic E-state index is 2.71. The van der Waals surface area contributed by atoms with Gasteiger partial charge >= 0.3 is 0 Å². The van der Waals surface area contributed by atoms with Crippen molar-refractivity contribution < 1.29 is 0 Å². The minimum absolute atomic E-state index is 0.619. The van der Waals surface area contributed by atoms with Crippen molar-refractivity contribution in [3.05, 3.63) is 77.4 Å². The average Bonchev–Trinajstić information content (AvgIpc) is 2.78. The summed E-state index contributed by atoms with van der Waals surface area (Å²) in [6.45, 7) is 3.32. The van der Waals surface area contributed by atoms with Crippen molar-refractivity contribution in [1.82, 2.24) is 4.90 Å². The predicted molar refractivity (Wildman–Crippen MR) is 92.6 cm³/mol. The van der Waals surface area contributed by atoms with Crippen LogP contribution >= 0.6 is 0 Å². The average molecular weight is 289 g/mol. The van der Waals surface area contributed by atoms with E-state index in [2.05, 4.69) is 72.5 Å². The number of aryl methyl sites for hydroxylation is 1. The molecular weight excluding hydrogens is 266 g/mol. The number of hydrogen-bond acceptors (Lipinski definition) is 1. The van der Waals surface area contributed by atoms with E-state index in [-0.39, 0.29) is 0 Å². The Kier molecular flexibility index (Phi) is 3.59. The van der Waals surface area contributed by atoms with Crippen LogP contribution < -0.4 is 0 Å². The molecule has 2 heterocycles. The van der Waals surface area contributed by atoms with Crippen LogP contribution in [0, 0.1) is 6.92 Å². The molecule has 0 N–H and O–H groups in total. The highest BCUT2D eigenvalue weighted by Crippen LogP contribution is 2.39. The summed E-state index contributed by atoms with van der Waals surface area (Å²) in [4.78, 5) is 2.71. The van der Waals surface area contributed by atoms with Gasteiger partial charge in [0.05, 0.1) is 0 Å². The third kappa shape index (κ3) is 2.50. The molecule has 2 aliphatic heterocycles. The van der Waals surface area contributed by atoms with Gasteiger partial charge in [-0.25, -0.2) is 0 Å². The molecule has 0 amide bonds. The standard InChI is InChI=1S/C21H23N/c1-16-7-5-6-10-21(16)18-13-19-11-12-20(14-18)22(19)15-17-8-3-2-4-9-17/h2-10,13,19-20H,11-12,14-15H2,1H3. The van der Waals surface area contributed by atoms with E-state index in [0.717, 1.165) is 6.54 Å². The van der Waals surface area contributed by atoms with E-state index in [1.807, 2.05) is 0 Å². The molecule has 1 nitrogen and oxygen atoms in total. The molecular formula is C21H23N. The molecule has 4 rings (SSSR count). The fourth-order valence-corrected chi connectivity index (χ4v) is 4.09. The second-order valence-corrected chi connectivity index (χ2v) is 6.67. The number of hydrogen-bond donors (Lipinski definition) is 0. The molecule has 2 atom stereocenters. The molecule has 2 aromatic rings. The number of nitrogens with zero attached hydrogens (tertiary/aromatic N) is 1. The zero-order chi connectivity index (χ0) is 14.9. The summed E-state index contributed by atoms with van der Waals surface area (Å²) >= 11 is 0. The Bertz CT molecular complexity index is 686. The number of rotatable bonds is 3. The van der Waals surface area contributed by atoms with Crippen LogP contribution in [0.4, 0.5) is 0 Å². The van der Waals surface area contributed by atoms with Crippen LogP contribution in [-0.4, -0.2) is 17.0 Å². The second kappa shape index (κ2) is 5.73. The third-order valence-electron chi connectivity index (χ3n) is 5.24. The van der Waals surface area contributed by atoms with Crippen LogP contribution in [0.1, 0.15) is 36.0 Å². The molecule has 0 aromatic heterocycles. The number of benzene rings is 2. The Morgan fingerprint density at radius 2 is 1.73 bits per heavy atom. The first-order valence-electron chi connectivity index (χ1n) is 8.37. The van der Waals surface area contributed by atoms with Gasteiger partial charge in [-0.3, -0.25) is 4.90 Å². The van der Waals surface area contributed by atoms with Gasteiger partial charge in [0.1, 0.15) is 0 Å². The van der Waals surface area contributed by atoms with Gasteiger partial charge in [-0.05, 0) is 48.4 Å². The first-order valence-corrected chi connectivity index (χ1v) is 8.37. The van der Waals surface area contributed by atoms with Gasteiger partial charge in [0.25, 0.3) is 0 Å². The Hall–Kier alpha value is -1.86. The molecule has 0 aliphatic carbocycles. The van der Waals surface area contributed by atoms with E-state index >= 15 is 0 Å². The Balaban J connectivity index is 1.59. The van der Waals surface area contributed by atoms with Gasteiger partial charge in [0, 0.05) is 18.6 Å². The van der Waals surface area contributed by atoms with E-state index in [0.29, 0.717) is 12.1 Å². The minimum atomic E-state index is 0.619. The predicted octanol–water partition coefficient (Wildman–Crippen LogP) is 4.82. The van der Waals surface area contributed by atoms with E-state index < -0.39 is 0 Å². The molecule has 1 fully saturated rings. The first-order chi connectivity index (χ1) is 10.8. The molecule has 1 heteroatoms. The van der Waals surface area contributed by atoms with Crippen LogP contribution in [0.15, 0.2) is 60.7 Å². The monoisotopic (exact) mass is 289 g/mol. The summed E-state index contributed by atoms with van der Waals surface area (Å²) in [6.07, 6.45) is 6.39. The van der Waals surface area contributed by atoms with Gasteiger partial charge < -0.3 is 0 Å². The Labute approximate surface area is 133 Å². The highest BCUT2D eigenvalue weighted by atomic mass is 15.2. The van der Waals surface area contributed by atoms with Gasteiger partial charge in [0.15, 0.2) is 0 Å². The summed E-state index contributed by atoms with van der Waals surface area (Å²) in [7, 11) is 0. The lowest BCUT2D eigenvalue weighted by atomic mass is 9.92. The SMILES string of the molecule is Cc1ccccc1C1=CC2CCC(C1)N2Cc1ccccc1. The molecule has 1 saturated heterocycles. The Morgan fingerprint density at radius 1 is 0.955 bits per heavy atom. The van der Waals surface area contributed by atoms with Crippen LogP contribution in [-0.2, 0) is 6.54 Å². The van der Waals surface area contributed by atoms with Crippen LogP contribution in [0.5, 0.6) is 0 Å². The van der Waals surface area contributed by atoms with Gasteiger partial charge in [-0.1, -0.05) is 60.7 Å². The fraction of sp³-hybridized carbons (Fsp3) is 0.333. The second-order valence-electron chi connectivity index (χ2n) is 6.67. The van der Waals surface area contributed by atoms with E-state index in [4.69, 9.17) is 0 Å². The first kappa shape index (κ1) is 13.8. The quantitative estimate of drug-likeness (QED) is 0.783. The normalized spacial score (nSPS) is 24.3. The molecule has 22 heavy (non-hydrogen) atoms. The summed E-state index contributed by atoms with van der Waals surface area (Å²) in [5, 5.41) is 0.